The predicted octanol–water partition coefficient (Wildman–Crippen LogP) is 2.69. The van der Waals surface area contributed by atoms with Gasteiger partial charge in [0.25, 0.3) is 0 Å². The maximum atomic E-state index is 11.8. The maximum Gasteiger partial charge on any atom is 0.361 e. The monoisotopic (exact) mass is 343 g/mol. The lowest BCUT2D eigenvalue weighted by Gasteiger charge is -2.07. The summed E-state index contributed by atoms with van der Waals surface area (Å²) >= 11 is -1.27. The number of nitrogens with zero attached hydrogens (tertiary/aromatic N) is 3. The first-order chi connectivity index (χ1) is 11.6. The van der Waals surface area contributed by atoms with E-state index < -0.39 is 11.2 Å². The molecular weight excluding hydrogens is 326 g/mol. The van der Waals surface area contributed by atoms with Crippen molar-refractivity contribution in [3.05, 3.63) is 48.5 Å². The molecule has 24 heavy (non-hydrogen) atoms. The van der Waals surface area contributed by atoms with Crippen molar-refractivity contribution in [3.8, 4) is 28.6 Å². The molecule has 3 rings (SSSR count). The van der Waals surface area contributed by atoms with Gasteiger partial charge >= 0.3 is 5.16 Å². The Morgan fingerprint density at radius 1 is 0.917 bits per heavy atom. The standard InChI is InChI=1S/C17H17N3O3S/c1-22-14-8-4-12(5-9-14)16-18-17(24(3)21)19-20(16)13-6-10-15(23-2)11-7-13/h4-11H,1-3H3. The third-order valence-corrected chi connectivity index (χ3v) is 4.20. The largest absolute Gasteiger partial charge is 0.609 e. The molecule has 0 aliphatic heterocycles. The fourth-order valence-electron chi connectivity index (χ4n) is 2.25. The highest BCUT2D eigenvalue weighted by Gasteiger charge is 2.19. The van der Waals surface area contributed by atoms with Gasteiger partial charge in [0.05, 0.1) is 19.9 Å². The molecule has 0 spiro atoms. The summed E-state index contributed by atoms with van der Waals surface area (Å²) in [5.74, 6) is 2.13. The van der Waals surface area contributed by atoms with Crippen molar-refractivity contribution in [2.24, 2.45) is 0 Å². The summed E-state index contributed by atoms with van der Waals surface area (Å²) < 4.78 is 23.9. The van der Waals surface area contributed by atoms with E-state index in [1.807, 2.05) is 48.5 Å². The molecule has 0 aliphatic carbocycles. The SMILES string of the molecule is COc1ccc(-c2nc([S+](C)[O-])nn2-c2ccc(OC)cc2)cc1. The number of aromatic nitrogens is 3. The molecule has 0 bridgehead atoms. The fraction of sp³-hybridized carbons (Fsp3) is 0.176. The van der Waals surface area contributed by atoms with Gasteiger partial charge in [0.2, 0.25) is 0 Å². The molecule has 3 aromatic rings. The Morgan fingerprint density at radius 2 is 1.46 bits per heavy atom. The van der Waals surface area contributed by atoms with Crippen LogP contribution in [0.4, 0.5) is 0 Å². The Kier molecular flexibility index (Phi) is 4.73. The molecule has 1 unspecified atom stereocenters. The molecule has 2 aromatic carbocycles. The number of hydrogen-bond acceptors (Lipinski definition) is 5. The zero-order chi connectivity index (χ0) is 17.1. The smallest absolute Gasteiger partial charge is 0.361 e. The summed E-state index contributed by atoms with van der Waals surface area (Å²) in [5, 5.41) is 4.68. The second-order valence-electron chi connectivity index (χ2n) is 5.01. The van der Waals surface area contributed by atoms with Gasteiger partial charge in [0.15, 0.2) is 5.82 Å². The van der Waals surface area contributed by atoms with E-state index in [-0.39, 0.29) is 5.16 Å². The van der Waals surface area contributed by atoms with Crippen molar-refractivity contribution >= 4 is 11.2 Å². The molecule has 7 heteroatoms. The molecule has 0 amide bonds. The molecule has 0 N–H and O–H groups in total. The molecule has 0 saturated carbocycles. The molecule has 0 saturated heterocycles. The third-order valence-electron chi connectivity index (χ3n) is 3.51. The topological polar surface area (TPSA) is 72.2 Å². The molecule has 0 aliphatic rings. The number of hydrogen-bond donors (Lipinski definition) is 0. The maximum absolute atomic E-state index is 11.8. The van der Waals surface area contributed by atoms with Crippen LogP contribution in [0.2, 0.25) is 0 Å². The molecule has 1 atom stereocenters. The molecule has 0 fully saturated rings. The molecule has 1 aromatic heterocycles. The van der Waals surface area contributed by atoms with Gasteiger partial charge in [-0.15, -0.1) is 0 Å². The quantitative estimate of drug-likeness (QED) is 0.666. The van der Waals surface area contributed by atoms with Crippen molar-refractivity contribution in [1.29, 1.82) is 0 Å². The van der Waals surface area contributed by atoms with Gasteiger partial charge in [-0.2, -0.15) is 4.98 Å². The van der Waals surface area contributed by atoms with Gasteiger partial charge in [-0.3, -0.25) is 0 Å². The van der Waals surface area contributed by atoms with Crippen LogP contribution in [0.5, 0.6) is 11.5 Å². The second-order valence-corrected chi connectivity index (χ2v) is 6.28. The van der Waals surface area contributed by atoms with Gasteiger partial charge in [-0.25, -0.2) is 4.68 Å². The minimum Gasteiger partial charge on any atom is -0.609 e. The number of benzene rings is 2. The summed E-state index contributed by atoms with van der Waals surface area (Å²) in [4.78, 5) is 4.43. The Morgan fingerprint density at radius 3 is 1.96 bits per heavy atom. The lowest BCUT2D eigenvalue weighted by atomic mass is 10.2. The number of methoxy groups -OCH3 is 2. The van der Waals surface area contributed by atoms with Gasteiger partial charge in [-0.1, -0.05) is 5.10 Å². The summed E-state index contributed by atoms with van der Waals surface area (Å²) in [5.41, 5.74) is 1.67. The van der Waals surface area contributed by atoms with Crippen LogP contribution in [0.1, 0.15) is 0 Å². The van der Waals surface area contributed by atoms with E-state index in [2.05, 4.69) is 10.1 Å². The van der Waals surface area contributed by atoms with E-state index in [0.717, 1.165) is 22.7 Å². The van der Waals surface area contributed by atoms with Crippen molar-refractivity contribution in [2.75, 3.05) is 20.5 Å². The van der Waals surface area contributed by atoms with Crippen LogP contribution in [-0.2, 0) is 11.2 Å². The summed E-state index contributed by atoms with van der Waals surface area (Å²) in [6.07, 6.45) is 1.56. The summed E-state index contributed by atoms with van der Waals surface area (Å²) in [6, 6.07) is 14.9. The first-order valence-corrected chi connectivity index (χ1v) is 8.77. The highest BCUT2D eigenvalue weighted by Crippen LogP contribution is 2.25. The Balaban J connectivity index is 2.09. The van der Waals surface area contributed by atoms with Gasteiger partial charge in [0.1, 0.15) is 17.8 Å². The molecule has 124 valence electrons. The number of ether oxygens (including phenoxy) is 2. The highest BCUT2D eigenvalue weighted by atomic mass is 32.2. The van der Waals surface area contributed by atoms with Crippen LogP contribution in [0.25, 0.3) is 17.1 Å². The first kappa shape index (κ1) is 16.4. The van der Waals surface area contributed by atoms with Gasteiger partial charge in [-0.05, 0) is 48.5 Å². The van der Waals surface area contributed by atoms with Crippen LogP contribution in [0.3, 0.4) is 0 Å². The highest BCUT2D eigenvalue weighted by molar-refractivity contribution is 7.90. The van der Waals surface area contributed by atoms with Crippen LogP contribution < -0.4 is 9.47 Å². The molecule has 1 heterocycles. The van der Waals surface area contributed by atoms with E-state index in [1.165, 1.54) is 0 Å². The van der Waals surface area contributed by atoms with E-state index in [1.54, 1.807) is 25.2 Å². The van der Waals surface area contributed by atoms with Gasteiger partial charge in [0, 0.05) is 16.7 Å². The normalized spacial score (nSPS) is 12.0. The first-order valence-electron chi connectivity index (χ1n) is 7.21. The van der Waals surface area contributed by atoms with Crippen LogP contribution in [0, 0.1) is 0 Å². The van der Waals surface area contributed by atoms with E-state index in [4.69, 9.17) is 9.47 Å². The predicted molar refractivity (Wildman–Crippen MR) is 92.2 cm³/mol. The summed E-state index contributed by atoms with van der Waals surface area (Å²) in [6.45, 7) is 0. The van der Waals surface area contributed by atoms with Gasteiger partial charge < -0.3 is 14.0 Å². The Hall–Kier alpha value is -2.51. The molecular formula is C17H17N3O3S. The minimum absolute atomic E-state index is 0.289. The summed E-state index contributed by atoms with van der Waals surface area (Å²) in [7, 11) is 3.23. The van der Waals surface area contributed by atoms with Crippen molar-refractivity contribution in [1.82, 2.24) is 14.8 Å². The lowest BCUT2D eigenvalue weighted by molar-refractivity contribution is 0.414. The van der Waals surface area contributed by atoms with Crippen molar-refractivity contribution in [3.63, 3.8) is 0 Å². The average molecular weight is 343 g/mol. The zero-order valence-electron chi connectivity index (χ0n) is 13.6. The van der Waals surface area contributed by atoms with Crippen molar-refractivity contribution in [2.45, 2.75) is 5.16 Å². The zero-order valence-corrected chi connectivity index (χ0v) is 14.4. The van der Waals surface area contributed by atoms with Crippen LogP contribution in [0.15, 0.2) is 53.7 Å². The Labute approximate surface area is 143 Å². The van der Waals surface area contributed by atoms with E-state index >= 15 is 0 Å². The second kappa shape index (κ2) is 6.94. The van der Waals surface area contributed by atoms with E-state index in [9.17, 15) is 4.55 Å². The Bertz CT molecular complexity index is 749. The van der Waals surface area contributed by atoms with Crippen molar-refractivity contribution < 1.29 is 14.0 Å². The lowest BCUT2D eigenvalue weighted by Crippen LogP contribution is -2.02. The van der Waals surface area contributed by atoms with Crippen LogP contribution >= 0.6 is 0 Å². The third kappa shape index (κ3) is 3.22. The average Bonchev–Trinajstić information content (AvgIpc) is 3.07. The molecule has 6 nitrogen and oxygen atoms in total. The number of rotatable bonds is 5. The fourth-order valence-corrected chi connectivity index (χ4v) is 2.66. The van der Waals surface area contributed by atoms with E-state index in [0.29, 0.717) is 5.82 Å². The minimum atomic E-state index is -1.27. The van der Waals surface area contributed by atoms with Crippen LogP contribution in [-0.4, -0.2) is 39.8 Å². The molecule has 0 radical (unpaired) electrons.